The summed E-state index contributed by atoms with van der Waals surface area (Å²) in [5.41, 5.74) is 0.420. The van der Waals surface area contributed by atoms with Crippen molar-refractivity contribution in [3.8, 4) is 0 Å². The molecule has 1 N–H and O–H groups in total. The molecule has 2 aromatic rings. The lowest BCUT2D eigenvalue weighted by Gasteiger charge is -2.34. The summed E-state index contributed by atoms with van der Waals surface area (Å²) in [5.74, 6) is -0.669. The van der Waals surface area contributed by atoms with Crippen LogP contribution in [0.15, 0.2) is 36.7 Å². The van der Waals surface area contributed by atoms with E-state index in [9.17, 15) is 9.59 Å². The Balaban J connectivity index is 1.56. The van der Waals surface area contributed by atoms with Crippen LogP contribution in [0, 0.1) is 0 Å². The molecule has 1 aliphatic heterocycles. The molecule has 9 heteroatoms. The van der Waals surface area contributed by atoms with Crippen LogP contribution in [0.25, 0.3) is 0 Å². The maximum absolute atomic E-state index is 12.3. The van der Waals surface area contributed by atoms with Crippen LogP contribution in [0.4, 0.5) is 11.6 Å². The molecular formula is C16H15Cl2N5O2. The number of amides is 2. The highest BCUT2D eigenvalue weighted by molar-refractivity contribution is 6.42. The van der Waals surface area contributed by atoms with Gasteiger partial charge in [-0.1, -0.05) is 23.2 Å². The van der Waals surface area contributed by atoms with E-state index in [-0.39, 0.29) is 0 Å². The summed E-state index contributed by atoms with van der Waals surface area (Å²) < 4.78 is 0. The number of rotatable bonds is 2. The van der Waals surface area contributed by atoms with Crippen LogP contribution < -0.4 is 10.2 Å². The number of nitrogens with one attached hydrogen (secondary N) is 1. The third-order valence-corrected chi connectivity index (χ3v) is 4.51. The van der Waals surface area contributed by atoms with Crippen LogP contribution in [-0.2, 0) is 9.59 Å². The Morgan fingerprint density at radius 3 is 2.32 bits per heavy atom. The number of carbonyl (C=O) groups is 2. The number of hydrogen-bond acceptors (Lipinski definition) is 5. The van der Waals surface area contributed by atoms with Gasteiger partial charge in [-0.15, -0.1) is 0 Å². The molecule has 25 heavy (non-hydrogen) atoms. The number of benzene rings is 1. The van der Waals surface area contributed by atoms with Crippen molar-refractivity contribution in [2.75, 3.05) is 36.4 Å². The van der Waals surface area contributed by atoms with E-state index in [4.69, 9.17) is 23.2 Å². The molecule has 1 aliphatic rings. The first-order valence-electron chi connectivity index (χ1n) is 7.62. The standard InChI is InChI=1S/C16H15Cl2N5O2/c17-12-3-2-11(10-13(12)18)21-14(24)15(25)22-6-8-23(9-7-22)16-19-4-1-5-20-16/h1-5,10H,6-9H2,(H,21,24). The molecule has 0 saturated carbocycles. The lowest BCUT2D eigenvalue weighted by atomic mass is 10.3. The topological polar surface area (TPSA) is 78.4 Å². The molecule has 130 valence electrons. The van der Waals surface area contributed by atoms with E-state index in [1.807, 2.05) is 4.90 Å². The molecule has 1 aromatic carbocycles. The molecule has 0 unspecified atom stereocenters. The highest BCUT2D eigenvalue weighted by Crippen LogP contribution is 2.25. The third-order valence-electron chi connectivity index (χ3n) is 3.77. The predicted molar refractivity (Wildman–Crippen MR) is 95.9 cm³/mol. The lowest BCUT2D eigenvalue weighted by molar-refractivity contribution is -0.143. The first-order chi connectivity index (χ1) is 12.0. The van der Waals surface area contributed by atoms with Crippen molar-refractivity contribution in [2.45, 2.75) is 0 Å². The van der Waals surface area contributed by atoms with Gasteiger partial charge in [0, 0.05) is 44.3 Å². The first kappa shape index (κ1) is 17.4. The molecule has 2 heterocycles. The van der Waals surface area contributed by atoms with Crippen LogP contribution in [0.3, 0.4) is 0 Å². The predicted octanol–water partition coefficient (Wildman–Crippen LogP) is 2.07. The molecule has 7 nitrogen and oxygen atoms in total. The van der Waals surface area contributed by atoms with Crippen molar-refractivity contribution >= 4 is 46.7 Å². The highest BCUT2D eigenvalue weighted by atomic mass is 35.5. The van der Waals surface area contributed by atoms with E-state index in [0.29, 0.717) is 47.9 Å². The molecule has 0 radical (unpaired) electrons. The van der Waals surface area contributed by atoms with Gasteiger partial charge in [0.25, 0.3) is 0 Å². The zero-order chi connectivity index (χ0) is 17.8. The van der Waals surface area contributed by atoms with Crippen LogP contribution in [-0.4, -0.2) is 52.9 Å². The summed E-state index contributed by atoms with van der Waals surface area (Å²) in [6, 6.07) is 6.39. The minimum Gasteiger partial charge on any atom is -0.337 e. The Morgan fingerprint density at radius 2 is 1.68 bits per heavy atom. The van der Waals surface area contributed by atoms with Gasteiger partial charge in [-0.25, -0.2) is 9.97 Å². The zero-order valence-electron chi connectivity index (χ0n) is 13.2. The van der Waals surface area contributed by atoms with Gasteiger partial charge in [0.05, 0.1) is 10.0 Å². The summed E-state index contributed by atoms with van der Waals surface area (Å²) in [5, 5.41) is 3.23. The maximum Gasteiger partial charge on any atom is 0.313 e. The molecule has 0 aliphatic carbocycles. The number of carbonyl (C=O) groups excluding carboxylic acids is 2. The smallest absolute Gasteiger partial charge is 0.313 e. The van der Waals surface area contributed by atoms with E-state index >= 15 is 0 Å². The van der Waals surface area contributed by atoms with Gasteiger partial charge in [-0.2, -0.15) is 0 Å². The summed E-state index contributed by atoms with van der Waals surface area (Å²) in [4.78, 5) is 36.3. The van der Waals surface area contributed by atoms with E-state index in [1.54, 1.807) is 30.6 Å². The number of piperazine rings is 1. The lowest BCUT2D eigenvalue weighted by Crippen LogP contribution is -2.52. The van der Waals surface area contributed by atoms with Gasteiger partial charge in [0.2, 0.25) is 5.95 Å². The molecular weight excluding hydrogens is 365 g/mol. The Labute approximate surface area is 154 Å². The number of anilines is 2. The van der Waals surface area contributed by atoms with Crippen LogP contribution in [0.1, 0.15) is 0 Å². The fourth-order valence-corrected chi connectivity index (χ4v) is 2.76. The van der Waals surface area contributed by atoms with E-state index in [1.165, 1.54) is 11.0 Å². The van der Waals surface area contributed by atoms with Crippen LogP contribution in [0.2, 0.25) is 10.0 Å². The van der Waals surface area contributed by atoms with Crippen molar-refractivity contribution in [2.24, 2.45) is 0 Å². The summed E-state index contributed by atoms with van der Waals surface area (Å²) in [6.45, 7) is 1.98. The highest BCUT2D eigenvalue weighted by Gasteiger charge is 2.27. The SMILES string of the molecule is O=C(Nc1ccc(Cl)c(Cl)c1)C(=O)N1CCN(c2ncccn2)CC1. The second kappa shape index (κ2) is 7.67. The number of nitrogens with zero attached hydrogens (tertiary/aromatic N) is 4. The largest absolute Gasteiger partial charge is 0.337 e. The third kappa shape index (κ3) is 4.18. The second-order valence-electron chi connectivity index (χ2n) is 5.41. The van der Waals surface area contributed by atoms with Crippen molar-refractivity contribution in [3.63, 3.8) is 0 Å². The normalized spacial score (nSPS) is 14.3. The summed E-state index contributed by atoms with van der Waals surface area (Å²) in [6.07, 6.45) is 3.34. The maximum atomic E-state index is 12.3. The summed E-state index contributed by atoms with van der Waals surface area (Å²) >= 11 is 11.7. The average molecular weight is 380 g/mol. The average Bonchev–Trinajstić information content (AvgIpc) is 2.65. The number of halogens is 2. The van der Waals surface area contributed by atoms with Gasteiger partial charge in [-0.05, 0) is 24.3 Å². The molecule has 3 rings (SSSR count). The second-order valence-corrected chi connectivity index (χ2v) is 6.23. The molecule has 1 saturated heterocycles. The zero-order valence-corrected chi connectivity index (χ0v) is 14.7. The first-order valence-corrected chi connectivity index (χ1v) is 8.37. The molecule has 1 aromatic heterocycles. The van der Waals surface area contributed by atoms with Gasteiger partial charge < -0.3 is 15.1 Å². The van der Waals surface area contributed by atoms with Crippen LogP contribution >= 0.6 is 23.2 Å². The van der Waals surface area contributed by atoms with Crippen molar-refractivity contribution in [3.05, 3.63) is 46.7 Å². The Bertz CT molecular complexity index is 779. The van der Waals surface area contributed by atoms with Crippen molar-refractivity contribution in [1.82, 2.24) is 14.9 Å². The Kier molecular flexibility index (Phi) is 5.35. The van der Waals surface area contributed by atoms with E-state index in [2.05, 4.69) is 15.3 Å². The van der Waals surface area contributed by atoms with Crippen LogP contribution in [0.5, 0.6) is 0 Å². The van der Waals surface area contributed by atoms with Crippen molar-refractivity contribution < 1.29 is 9.59 Å². The number of hydrogen-bond donors (Lipinski definition) is 1. The molecule has 0 bridgehead atoms. The minimum atomic E-state index is -0.706. The molecule has 2 amide bonds. The monoisotopic (exact) mass is 379 g/mol. The molecule has 0 spiro atoms. The van der Waals surface area contributed by atoms with Crippen molar-refractivity contribution in [1.29, 1.82) is 0 Å². The van der Waals surface area contributed by atoms with Gasteiger partial charge in [0.15, 0.2) is 0 Å². The quantitative estimate of drug-likeness (QED) is 0.808. The molecule has 0 atom stereocenters. The summed E-state index contributed by atoms with van der Waals surface area (Å²) in [7, 11) is 0. The minimum absolute atomic E-state index is 0.309. The number of aromatic nitrogens is 2. The van der Waals surface area contributed by atoms with E-state index < -0.39 is 11.8 Å². The fraction of sp³-hybridized carbons (Fsp3) is 0.250. The van der Waals surface area contributed by atoms with E-state index in [0.717, 1.165) is 0 Å². The molecule has 1 fully saturated rings. The Hall–Kier alpha value is -2.38. The fourth-order valence-electron chi connectivity index (χ4n) is 2.47. The van der Waals surface area contributed by atoms with Gasteiger partial charge in [-0.3, -0.25) is 9.59 Å². The van der Waals surface area contributed by atoms with Gasteiger partial charge >= 0.3 is 11.8 Å². The Morgan fingerprint density at radius 1 is 1.00 bits per heavy atom. The van der Waals surface area contributed by atoms with Gasteiger partial charge in [0.1, 0.15) is 0 Å².